The minimum atomic E-state index is -0.152. The standard InChI is InChI=1S/C21H26N2O3/c1-15-8-9-19(26-3)17(14-15)10-12-22-20(24)11-13-23-21(25)18-7-5-4-6-16(18)2/h4-9,14H,10-13H2,1-3H3,(H,22,24)(H,23,25). The highest BCUT2D eigenvalue weighted by atomic mass is 16.5. The van der Waals surface area contributed by atoms with Crippen LogP contribution >= 0.6 is 0 Å². The summed E-state index contributed by atoms with van der Waals surface area (Å²) in [5.41, 5.74) is 3.78. The number of carbonyl (C=O) groups is 2. The first-order chi connectivity index (χ1) is 12.5. The summed E-state index contributed by atoms with van der Waals surface area (Å²) >= 11 is 0. The molecule has 0 heterocycles. The first-order valence-corrected chi connectivity index (χ1v) is 8.75. The van der Waals surface area contributed by atoms with E-state index in [0.29, 0.717) is 25.1 Å². The van der Waals surface area contributed by atoms with Gasteiger partial charge in [0.15, 0.2) is 0 Å². The fourth-order valence-corrected chi connectivity index (χ4v) is 2.74. The van der Waals surface area contributed by atoms with E-state index >= 15 is 0 Å². The van der Waals surface area contributed by atoms with Gasteiger partial charge in [-0.15, -0.1) is 0 Å². The normalized spacial score (nSPS) is 10.3. The molecule has 0 saturated carbocycles. The second-order valence-corrected chi connectivity index (χ2v) is 6.24. The molecule has 5 heteroatoms. The molecule has 2 aromatic rings. The number of hydrogen-bond donors (Lipinski definition) is 2. The van der Waals surface area contributed by atoms with Gasteiger partial charge in [-0.1, -0.05) is 35.9 Å². The average Bonchev–Trinajstić information content (AvgIpc) is 2.62. The van der Waals surface area contributed by atoms with E-state index in [1.54, 1.807) is 13.2 Å². The van der Waals surface area contributed by atoms with Crippen molar-refractivity contribution in [2.75, 3.05) is 20.2 Å². The van der Waals surface area contributed by atoms with E-state index in [-0.39, 0.29) is 18.2 Å². The molecule has 2 aromatic carbocycles. The maximum absolute atomic E-state index is 12.1. The number of carbonyl (C=O) groups excluding carboxylic acids is 2. The van der Waals surface area contributed by atoms with Crippen LogP contribution in [0.5, 0.6) is 5.75 Å². The molecule has 0 spiro atoms. The molecule has 26 heavy (non-hydrogen) atoms. The fraction of sp³-hybridized carbons (Fsp3) is 0.333. The first-order valence-electron chi connectivity index (χ1n) is 8.75. The van der Waals surface area contributed by atoms with Crippen LogP contribution in [0.3, 0.4) is 0 Å². The lowest BCUT2D eigenvalue weighted by Gasteiger charge is -2.11. The van der Waals surface area contributed by atoms with Crippen molar-refractivity contribution in [1.29, 1.82) is 0 Å². The molecule has 2 rings (SSSR count). The van der Waals surface area contributed by atoms with E-state index in [1.807, 2.05) is 44.2 Å². The second kappa shape index (κ2) is 9.61. The Kier molecular flexibility index (Phi) is 7.21. The van der Waals surface area contributed by atoms with Crippen molar-refractivity contribution in [2.45, 2.75) is 26.7 Å². The maximum atomic E-state index is 12.1. The Morgan fingerprint density at radius 1 is 1.00 bits per heavy atom. The van der Waals surface area contributed by atoms with E-state index < -0.39 is 0 Å². The zero-order valence-electron chi connectivity index (χ0n) is 15.6. The summed E-state index contributed by atoms with van der Waals surface area (Å²) in [5, 5.41) is 5.67. The summed E-state index contributed by atoms with van der Waals surface area (Å²) in [5.74, 6) is 0.595. The molecular formula is C21H26N2O3. The highest BCUT2D eigenvalue weighted by molar-refractivity contribution is 5.95. The largest absolute Gasteiger partial charge is 0.496 e. The molecule has 0 bridgehead atoms. The summed E-state index contributed by atoms with van der Waals surface area (Å²) < 4.78 is 5.34. The molecule has 2 amide bonds. The molecule has 5 nitrogen and oxygen atoms in total. The summed E-state index contributed by atoms with van der Waals surface area (Å²) in [6, 6.07) is 13.4. The van der Waals surface area contributed by atoms with Crippen LogP contribution in [0.15, 0.2) is 42.5 Å². The third kappa shape index (κ3) is 5.62. The quantitative estimate of drug-likeness (QED) is 0.766. The average molecular weight is 354 g/mol. The van der Waals surface area contributed by atoms with Gasteiger partial charge < -0.3 is 15.4 Å². The molecule has 138 valence electrons. The minimum absolute atomic E-state index is 0.0818. The number of amides is 2. The third-order valence-electron chi connectivity index (χ3n) is 4.18. The monoisotopic (exact) mass is 354 g/mol. The molecule has 0 atom stereocenters. The number of nitrogens with one attached hydrogen (secondary N) is 2. The Morgan fingerprint density at radius 2 is 1.77 bits per heavy atom. The van der Waals surface area contributed by atoms with Gasteiger partial charge in [0.05, 0.1) is 7.11 Å². The van der Waals surface area contributed by atoms with Crippen LogP contribution in [0.2, 0.25) is 0 Å². The molecule has 0 aliphatic rings. The summed E-state index contributed by atoms with van der Waals surface area (Å²) in [6.07, 6.45) is 0.953. The van der Waals surface area contributed by atoms with Crippen LogP contribution in [0.1, 0.15) is 33.5 Å². The predicted molar refractivity (Wildman–Crippen MR) is 103 cm³/mol. The molecule has 0 fully saturated rings. The van der Waals surface area contributed by atoms with Crippen LogP contribution in [0, 0.1) is 13.8 Å². The van der Waals surface area contributed by atoms with Gasteiger partial charge in [0.2, 0.25) is 5.91 Å². The number of hydrogen-bond acceptors (Lipinski definition) is 3. The van der Waals surface area contributed by atoms with Gasteiger partial charge in [0.25, 0.3) is 5.91 Å². The van der Waals surface area contributed by atoms with Gasteiger partial charge in [0.1, 0.15) is 5.75 Å². The van der Waals surface area contributed by atoms with E-state index in [9.17, 15) is 9.59 Å². The smallest absolute Gasteiger partial charge is 0.251 e. The Balaban J connectivity index is 1.72. The molecule has 0 saturated heterocycles. The number of aryl methyl sites for hydroxylation is 2. The lowest BCUT2D eigenvalue weighted by Crippen LogP contribution is -2.32. The predicted octanol–water partition coefficient (Wildman–Crippen LogP) is 2.79. The van der Waals surface area contributed by atoms with Crippen molar-refractivity contribution in [2.24, 2.45) is 0 Å². The Labute approximate surface area is 154 Å². The summed E-state index contributed by atoms with van der Waals surface area (Å²) in [7, 11) is 1.64. The third-order valence-corrected chi connectivity index (χ3v) is 4.18. The van der Waals surface area contributed by atoms with Gasteiger partial charge in [-0.05, 0) is 43.5 Å². The van der Waals surface area contributed by atoms with Crippen LogP contribution in [0.25, 0.3) is 0 Å². The van der Waals surface area contributed by atoms with Gasteiger partial charge in [-0.2, -0.15) is 0 Å². The Morgan fingerprint density at radius 3 is 2.50 bits per heavy atom. The van der Waals surface area contributed by atoms with Crippen LogP contribution in [-0.2, 0) is 11.2 Å². The Hall–Kier alpha value is -2.82. The molecule has 2 N–H and O–H groups in total. The highest BCUT2D eigenvalue weighted by Gasteiger charge is 2.09. The van der Waals surface area contributed by atoms with Crippen molar-refractivity contribution < 1.29 is 14.3 Å². The first kappa shape index (κ1) is 19.5. The van der Waals surface area contributed by atoms with Gasteiger partial charge >= 0.3 is 0 Å². The molecule has 0 aliphatic carbocycles. The van der Waals surface area contributed by atoms with Gasteiger partial charge in [-0.3, -0.25) is 9.59 Å². The minimum Gasteiger partial charge on any atom is -0.496 e. The maximum Gasteiger partial charge on any atom is 0.251 e. The second-order valence-electron chi connectivity index (χ2n) is 6.24. The Bertz CT molecular complexity index is 772. The van der Waals surface area contributed by atoms with Crippen LogP contribution < -0.4 is 15.4 Å². The van der Waals surface area contributed by atoms with E-state index in [2.05, 4.69) is 16.7 Å². The van der Waals surface area contributed by atoms with Crippen molar-refractivity contribution in [3.8, 4) is 5.75 Å². The molecular weight excluding hydrogens is 328 g/mol. The molecule has 0 unspecified atom stereocenters. The summed E-state index contributed by atoms with van der Waals surface area (Å²) in [4.78, 5) is 24.0. The van der Waals surface area contributed by atoms with Crippen molar-refractivity contribution in [3.05, 3.63) is 64.7 Å². The highest BCUT2D eigenvalue weighted by Crippen LogP contribution is 2.19. The zero-order valence-corrected chi connectivity index (χ0v) is 15.6. The van der Waals surface area contributed by atoms with E-state index in [0.717, 1.165) is 22.4 Å². The van der Waals surface area contributed by atoms with Crippen molar-refractivity contribution in [3.63, 3.8) is 0 Å². The molecule has 0 aromatic heterocycles. The van der Waals surface area contributed by atoms with E-state index in [1.165, 1.54) is 0 Å². The van der Waals surface area contributed by atoms with E-state index in [4.69, 9.17) is 4.74 Å². The lowest BCUT2D eigenvalue weighted by atomic mass is 10.1. The lowest BCUT2D eigenvalue weighted by molar-refractivity contribution is -0.120. The van der Waals surface area contributed by atoms with Crippen molar-refractivity contribution in [1.82, 2.24) is 10.6 Å². The number of benzene rings is 2. The van der Waals surface area contributed by atoms with Crippen molar-refractivity contribution >= 4 is 11.8 Å². The number of rotatable bonds is 8. The van der Waals surface area contributed by atoms with Gasteiger partial charge in [-0.25, -0.2) is 0 Å². The van der Waals surface area contributed by atoms with Crippen LogP contribution in [0.4, 0.5) is 0 Å². The number of ether oxygens (including phenoxy) is 1. The van der Waals surface area contributed by atoms with Crippen LogP contribution in [-0.4, -0.2) is 32.0 Å². The summed E-state index contributed by atoms with van der Waals surface area (Å²) in [6.45, 7) is 4.76. The topological polar surface area (TPSA) is 67.4 Å². The SMILES string of the molecule is COc1ccc(C)cc1CCNC(=O)CCNC(=O)c1ccccc1C. The molecule has 0 radical (unpaired) electrons. The molecule has 0 aliphatic heterocycles. The zero-order chi connectivity index (χ0) is 18.9. The fourth-order valence-electron chi connectivity index (χ4n) is 2.74. The number of methoxy groups -OCH3 is 1. The van der Waals surface area contributed by atoms with Gasteiger partial charge in [0, 0.05) is 25.1 Å².